The van der Waals surface area contributed by atoms with Crippen LogP contribution in [0.5, 0.6) is 5.75 Å². The maximum atomic E-state index is 5.47. The molecule has 0 amide bonds. The Morgan fingerprint density at radius 3 is 2.37 bits per heavy atom. The molecule has 0 aromatic heterocycles. The highest BCUT2D eigenvalue weighted by atomic mass is 16.5. The average Bonchev–Trinajstić information content (AvgIpc) is 2.44. The topological polar surface area (TPSA) is 21.3 Å². The lowest BCUT2D eigenvalue weighted by Crippen LogP contribution is -2.31. The summed E-state index contributed by atoms with van der Waals surface area (Å²) in [7, 11) is 1.74. The first-order valence-corrected chi connectivity index (χ1v) is 7.51. The molecule has 2 nitrogen and oxygen atoms in total. The van der Waals surface area contributed by atoms with Crippen molar-refractivity contribution in [3.05, 3.63) is 29.8 Å². The minimum absolute atomic E-state index is 0.371. The molecular weight excluding hydrogens is 234 g/mol. The van der Waals surface area contributed by atoms with E-state index in [2.05, 4.69) is 45.1 Å². The number of nitrogens with one attached hydrogen (secondary N) is 1. The Hall–Kier alpha value is -1.02. The molecule has 0 aliphatic heterocycles. The molecule has 0 fully saturated rings. The van der Waals surface area contributed by atoms with Gasteiger partial charge in [0.1, 0.15) is 5.75 Å². The summed E-state index contributed by atoms with van der Waals surface area (Å²) in [5, 5.41) is 3.74. The normalized spacial score (nSPS) is 15.8. The van der Waals surface area contributed by atoms with Crippen LogP contribution in [0, 0.1) is 5.92 Å². The van der Waals surface area contributed by atoms with Gasteiger partial charge in [0.2, 0.25) is 0 Å². The molecule has 2 heteroatoms. The Labute approximate surface area is 118 Å². The summed E-state index contributed by atoms with van der Waals surface area (Å²) in [5.41, 5.74) is 1.27. The van der Waals surface area contributed by atoms with Gasteiger partial charge in [0.15, 0.2) is 0 Å². The van der Waals surface area contributed by atoms with Gasteiger partial charge in [-0.15, -0.1) is 0 Å². The van der Waals surface area contributed by atoms with E-state index < -0.39 is 0 Å². The first-order chi connectivity index (χ1) is 9.12. The van der Waals surface area contributed by atoms with Gasteiger partial charge in [-0.25, -0.2) is 0 Å². The van der Waals surface area contributed by atoms with Gasteiger partial charge in [0, 0.05) is 17.6 Å². The minimum Gasteiger partial charge on any atom is -0.496 e. The highest BCUT2D eigenvalue weighted by molar-refractivity contribution is 5.35. The molecule has 1 rings (SSSR count). The Balaban J connectivity index is 2.72. The zero-order valence-electron chi connectivity index (χ0n) is 13.1. The third-order valence-corrected chi connectivity index (χ3v) is 3.86. The number of hydrogen-bond donors (Lipinski definition) is 1. The van der Waals surface area contributed by atoms with Gasteiger partial charge in [0.05, 0.1) is 7.11 Å². The van der Waals surface area contributed by atoms with E-state index in [9.17, 15) is 0 Å². The molecule has 0 aliphatic rings. The lowest BCUT2D eigenvalue weighted by atomic mass is 9.97. The summed E-state index contributed by atoms with van der Waals surface area (Å²) >= 11 is 0. The molecule has 0 aliphatic carbocycles. The number of benzene rings is 1. The van der Waals surface area contributed by atoms with E-state index in [0.29, 0.717) is 12.1 Å². The summed E-state index contributed by atoms with van der Waals surface area (Å²) in [5.74, 6) is 1.76. The molecule has 1 N–H and O–H groups in total. The highest BCUT2D eigenvalue weighted by Gasteiger charge is 2.17. The Morgan fingerprint density at radius 1 is 1.11 bits per heavy atom. The lowest BCUT2D eigenvalue weighted by Gasteiger charge is -2.25. The fourth-order valence-electron chi connectivity index (χ4n) is 2.56. The molecule has 0 heterocycles. The summed E-state index contributed by atoms with van der Waals surface area (Å²) in [4.78, 5) is 0. The molecule has 1 aromatic carbocycles. The second-order valence-electron chi connectivity index (χ2n) is 5.52. The van der Waals surface area contributed by atoms with E-state index in [4.69, 9.17) is 4.74 Å². The van der Waals surface area contributed by atoms with Crippen LogP contribution in [-0.2, 0) is 0 Å². The summed E-state index contributed by atoms with van der Waals surface area (Å²) in [6, 6.07) is 9.22. The van der Waals surface area contributed by atoms with Gasteiger partial charge in [-0.2, -0.15) is 0 Å². The molecular formula is C17H29NO. The van der Waals surface area contributed by atoms with Crippen molar-refractivity contribution in [2.45, 2.75) is 59.0 Å². The monoisotopic (exact) mass is 263 g/mol. The van der Waals surface area contributed by atoms with Crippen molar-refractivity contribution in [2.75, 3.05) is 7.11 Å². The second kappa shape index (κ2) is 8.21. The minimum atomic E-state index is 0.371. The summed E-state index contributed by atoms with van der Waals surface area (Å²) in [6.07, 6.45) is 3.55. The molecule has 108 valence electrons. The van der Waals surface area contributed by atoms with E-state index in [1.807, 2.05) is 12.1 Å². The second-order valence-corrected chi connectivity index (χ2v) is 5.52. The zero-order valence-corrected chi connectivity index (χ0v) is 13.1. The van der Waals surface area contributed by atoms with Gasteiger partial charge >= 0.3 is 0 Å². The fourth-order valence-corrected chi connectivity index (χ4v) is 2.56. The smallest absolute Gasteiger partial charge is 0.123 e. The van der Waals surface area contributed by atoms with Gasteiger partial charge in [-0.1, -0.05) is 45.4 Å². The number of methoxy groups -OCH3 is 1. The molecule has 3 unspecified atom stereocenters. The standard InChI is InChI=1S/C17H29NO/c1-6-13(3)12-14(4)18-16(7-2)15-10-8-9-11-17(15)19-5/h8-11,13-14,16,18H,6-7,12H2,1-5H3. The van der Waals surface area contributed by atoms with Crippen LogP contribution in [0.1, 0.15) is 58.6 Å². The van der Waals surface area contributed by atoms with Crippen LogP contribution in [-0.4, -0.2) is 13.2 Å². The maximum Gasteiger partial charge on any atom is 0.123 e. The van der Waals surface area contributed by atoms with Crippen LogP contribution >= 0.6 is 0 Å². The molecule has 0 radical (unpaired) electrons. The molecule has 0 saturated heterocycles. The number of rotatable bonds is 8. The molecule has 0 bridgehead atoms. The molecule has 19 heavy (non-hydrogen) atoms. The molecule has 0 saturated carbocycles. The third-order valence-electron chi connectivity index (χ3n) is 3.86. The van der Waals surface area contributed by atoms with E-state index >= 15 is 0 Å². The Kier molecular flexibility index (Phi) is 6.93. The van der Waals surface area contributed by atoms with Crippen LogP contribution in [0.2, 0.25) is 0 Å². The van der Waals surface area contributed by atoms with Crippen molar-refractivity contribution < 1.29 is 4.74 Å². The highest BCUT2D eigenvalue weighted by Crippen LogP contribution is 2.27. The van der Waals surface area contributed by atoms with E-state index in [1.165, 1.54) is 18.4 Å². The van der Waals surface area contributed by atoms with Crippen molar-refractivity contribution in [3.8, 4) is 5.75 Å². The number of ether oxygens (including phenoxy) is 1. The predicted molar refractivity (Wildman–Crippen MR) is 82.7 cm³/mol. The lowest BCUT2D eigenvalue weighted by molar-refractivity contribution is 0.356. The number of para-hydroxylation sites is 1. The largest absolute Gasteiger partial charge is 0.496 e. The van der Waals surface area contributed by atoms with Gasteiger partial charge < -0.3 is 10.1 Å². The third kappa shape index (κ3) is 4.87. The van der Waals surface area contributed by atoms with Crippen LogP contribution in [0.3, 0.4) is 0 Å². The van der Waals surface area contributed by atoms with Gasteiger partial charge in [-0.3, -0.25) is 0 Å². The molecule has 0 spiro atoms. The SMILES string of the molecule is CCC(C)CC(C)NC(CC)c1ccccc1OC. The van der Waals surface area contributed by atoms with Crippen LogP contribution in [0.15, 0.2) is 24.3 Å². The fraction of sp³-hybridized carbons (Fsp3) is 0.647. The van der Waals surface area contributed by atoms with Crippen molar-refractivity contribution in [2.24, 2.45) is 5.92 Å². The summed E-state index contributed by atoms with van der Waals surface area (Å²) < 4.78 is 5.47. The van der Waals surface area contributed by atoms with E-state index in [0.717, 1.165) is 18.1 Å². The van der Waals surface area contributed by atoms with Crippen molar-refractivity contribution in [3.63, 3.8) is 0 Å². The zero-order chi connectivity index (χ0) is 14.3. The Bertz CT molecular complexity index is 364. The molecule has 1 aromatic rings. The van der Waals surface area contributed by atoms with Crippen LogP contribution < -0.4 is 10.1 Å². The average molecular weight is 263 g/mol. The predicted octanol–water partition coefficient (Wildman–Crippen LogP) is 4.56. The van der Waals surface area contributed by atoms with Crippen LogP contribution in [0.25, 0.3) is 0 Å². The van der Waals surface area contributed by atoms with Crippen molar-refractivity contribution >= 4 is 0 Å². The van der Waals surface area contributed by atoms with Crippen LogP contribution in [0.4, 0.5) is 0 Å². The molecule has 3 atom stereocenters. The maximum absolute atomic E-state index is 5.47. The van der Waals surface area contributed by atoms with Crippen molar-refractivity contribution in [1.29, 1.82) is 0 Å². The number of hydrogen-bond acceptors (Lipinski definition) is 2. The van der Waals surface area contributed by atoms with Gasteiger partial charge in [0.25, 0.3) is 0 Å². The Morgan fingerprint density at radius 2 is 1.79 bits per heavy atom. The first kappa shape index (κ1) is 16.0. The first-order valence-electron chi connectivity index (χ1n) is 7.51. The quantitative estimate of drug-likeness (QED) is 0.742. The van der Waals surface area contributed by atoms with E-state index in [1.54, 1.807) is 7.11 Å². The summed E-state index contributed by atoms with van der Waals surface area (Å²) in [6.45, 7) is 9.08. The van der Waals surface area contributed by atoms with Crippen molar-refractivity contribution in [1.82, 2.24) is 5.32 Å². The van der Waals surface area contributed by atoms with E-state index in [-0.39, 0.29) is 0 Å². The van der Waals surface area contributed by atoms with Gasteiger partial charge in [-0.05, 0) is 31.7 Å².